The zero-order valence-electron chi connectivity index (χ0n) is 12.5. The second-order valence-corrected chi connectivity index (χ2v) is 5.29. The second kappa shape index (κ2) is 8.29. The summed E-state index contributed by atoms with van der Waals surface area (Å²) < 4.78 is 0. The largest absolute Gasteiger partial charge is 0.268 e. The first-order chi connectivity index (χ1) is 9.91. The van der Waals surface area contributed by atoms with Crippen molar-refractivity contribution in [3.8, 4) is 0 Å². The van der Waals surface area contributed by atoms with E-state index in [1.165, 1.54) is 22.3 Å². The van der Waals surface area contributed by atoms with E-state index in [0.29, 0.717) is 0 Å². The van der Waals surface area contributed by atoms with Gasteiger partial charge < -0.3 is 0 Å². The van der Waals surface area contributed by atoms with E-state index in [1.807, 2.05) is 0 Å². The zero-order chi connectivity index (χ0) is 13.4. The van der Waals surface area contributed by atoms with E-state index in [4.69, 9.17) is 0 Å². The molecule has 3 heteroatoms. The fraction of sp³-hybridized carbons (Fsp3) is 0.100. The Bertz CT molecular complexity index is 747. The molecule has 2 aliphatic rings. The van der Waals surface area contributed by atoms with Crippen molar-refractivity contribution in [3.63, 3.8) is 0 Å². The van der Waals surface area contributed by atoms with Crippen molar-refractivity contribution in [3.05, 3.63) is 101 Å². The van der Waals surface area contributed by atoms with Gasteiger partial charge >= 0.3 is 0 Å². The maximum absolute atomic E-state index is 3.53. The quantitative estimate of drug-likeness (QED) is 0.562. The van der Waals surface area contributed by atoms with Gasteiger partial charge in [0.05, 0.1) is 0 Å². The number of rotatable bonds is 2. The third kappa shape index (κ3) is 3.20. The molecule has 0 aromatic heterocycles. The van der Waals surface area contributed by atoms with Crippen LogP contribution in [0.5, 0.6) is 0 Å². The Labute approximate surface area is 169 Å². The molecule has 1 atom stereocenters. The van der Waals surface area contributed by atoms with Crippen LogP contribution in [-0.4, -0.2) is 0 Å². The van der Waals surface area contributed by atoms with Crippen molar-refractivity contribution in [1.29, 1.82) is 0 Å². The molecule has 2 aromatic rings. The molecule has 0 bridgehead atoms. The molecule has 2 aliphatic carbocycles. The van der Waals surface area contributed by atoms with Crippen LogP contribution < -0.4 is 0 Å². The standard InChI is InChI=1S/C20H15.2ClH.Zr/c1-2-9-17(10-3-1)20(18-11-5-6-12-18)15-14-16-8-4-7-13-19(16)20;;;/h1-5,7-11,13-15H,6H2;2*1H;/q-1;;;. The van der Waals surface area contributed by atoms with Crippen LogP contribution in [0.2, 0.25) is 0 Å². The fourth-order valence-electron chi connectivity index (χ4n) is 3.32. The third-order valence-corrected chi connectivity index (χ3v) is 4.25. The van der Waals surface area contributed by atoms with E-state index in [9.17, 15) is 0 Å². The minimum absolute atomic E-state index is 0. The Morgan fingerprint density at radius 2 is 1.52 bits per heavy atom. The molecular formula is C20H17Cl2Zr-. The van der Waals surface area contributed by atoms with Gasteiger partial charge in [-0.15, -0.1) is 31.2 Å². The first kappa shape index (κ1) is 20.2. The SMILES string of the molecule is Cl.Cl.[C-]1=C(C2(c3ccccc3)C=Cc3ccccc32)C=CC1.[Zr]. The van der Waals surface area contributed by atoms with Gasteiger partial charge in [0, 0.05) is 31.6 Å². The number of allylic oxidation sites excluding steroid dienone is 5. The molecule has 2 aromatic carbocycles. The molecule has 4 rings (SSSR count). The molecule has 23 heavy (non-hydrogen) atoms. The van der Waals surface area contributed by atoms with Crippen LogP contribution in [0, 0.1) is 6.08 Å². The number of halogens is 2. The van der Waals surface area contributed by atoms with Crippen LogP contribution in [0.15, 0.2) is 78.4 Å². The van der Waals surface area contributed by atoms with E-state index < -0.39 is 0 Å². The Morgan fingerprint density at radius 1 is 0.826 bits per heavy atom. The maximum Gasteiger partial charge on any atom is 0.0310 e. The predicted octanol–water partition coefficient (Wildman–Crippen LogP) is 5.53. The minimum atomic E-state index is -0.162. The molecule has 0 fully saturated rings. The summed E-state index contributed by atoms with van der Waals surface area (Å²) in [6.07, 6.45) is 13.4. The van der Waals surface area contributed by atoms with Crippen LogP contribution >= 0.6 is 24.8 Å². The number of benzene rings is 2. The molecule has 0 spiro atoms. The van der Waals surface area contributed by atoms with Gasteiger partial charge in [-0.3, -0.25) is 6.08 Å². The smallest absolute Gasteiger partial charge is 0.0310 e. The number of fused-ring (bicyclic) bond motifs is 1. The molecule has 0 N–H and O–H groups in total. The van der Waals surface area contributed by atoms with Gasteiger partial charge in [0.25, 0.3) is 0 Å². The monoisotopic (exact) mass is 417 g/mol. The molecule has 0 nitrogen and oxygen atoms in total. The summed E-state index contributed by atoms with van der Waals surface area (Å²) >= 11 is 0. The molecular weight excluding hydrogens is 402 g/mol. The average molecular weight is 419 g/mol. The van der Waals surface area contributed by atoms with Crippen molar-refractivity contribution in [2.45, 2.75) is 11.8 Å². The zero-order valence-corrected chi connectivity index (χ0v) is 16.6. The normalized spacial score (nSPS) is 19.9. The van der Waals surface area contributed by atoms with Gasteiger partial charge in [0.2, 0.25) is 0 Å². The van der Waals surface area contributed by atoms with E-state index in [0.717, 1.165) is 6.42 Å². The summed E-state index contributed by atoms with van der Waals surface area (Å²) in [6, 6.07) is 19.4. The van der Waals surface area contributed by atoms with Gasteiger partial charge in [-0.25, -0.2) is 11.6 Å². The van der Waals surface area contributed by atoms with Crippen molar-refractivity contribution >= 4 is 30.9 Å². The minimum Gasteiger partial charge on any atom is -0.268 e. The summed E-state index contributed by atoms with van der Waals surface area (Å²) in [7, 11) is 0. The molecule has 0 saturated heterocycles. The number of hydrogen-bond donors (Lipinski definition) is 0. The summed E-state index contributed by atoms with van der Waals surface area (Å²) in [4.78, 5) is 0. The Hall–Kier alpha value is -0.877. The van der Waals surface area contributed by atoms with Crippen LogP contribution in [-0.2, 0) is 31.6 Å². The van der Waals surface area contributed by atoms with Gasteiger partial charge in [0.15, 0.2) is 0 Å². The van der Waals surface area contributed by atoms with E-state index in [2.05, 4.69) is 85.0 Å². The van der Waals surface area contributed by atoms with Crippen LogP contribution in [0.1, 0.15) is 23.1 Å². The Morgan fingerprint density at radius 3 is 2.22 bits per heavy atom. The van der Waals surface area contributed by atoms with Crippen molar-refractivity contribution in [2.75, 3.05) is 0 Å². The molecule has 0 aliphatic heterocycles. The maximum atomic E-state index is 3.53. The summed E-state index contributed by atoms with van der Waals surface area (Å²) in [5.41, 5.74) is 5.09. The van der Waals surface area contributed by atoms with Gasteiger partial charge in [-0.1, -0.05) is 66.7 Å². The predicted molar refractivity (Wildman–Crippen MR) is 97.7 cm³/mol. The molecule has 0 amide bonds. The first-order valence-electron chi connectivity index (χ1n) is 7.03. The topological polar surface area (TPSA) is 0 Å². The summed E-state index contributed by atoms with van der Waals surface area (Å²) in [6.45, 7) is 0. The Kier molecular flexibility index (Phi) is 7.27. The number of hydrogen-bond acceptors (Lipinski definition) is 0. The molecule has 116 valence electrons. The molecule has 0 heterocycles. The second-order valence-electron chi connectivity index (χ2n) is 5.29. The van der Waals surface area contributed by atoms with Crippen LogP contribution in [0.4, 0.5) is 0 Å². The van der Waals surface area contributed by atoms with E-state index in [-0.39, 0.29) is 56.4 Å². The van der Waals surface area contributed by atoms with Crippen molar-refractivity contribution in [1.82, 2.24) is 0 Å². The van der Waals surface area contributed by atoms with E-state index >= 15 is 0 Å². The Balaban J connectivity index is 0.000000882. The molecule has 0 radical (unpaired) electrons. The summed E-state index contributed by atoms with van der Waals surface area (Å²) in [5.74, 6) is 0. The average Bonchev–Trinajstić information content (AvgIpc) is 3.16. The molecule has 1 unspecified atom stereocenters. The van der Waals surface area contributed by atoms with Crippen molar-refractivity contribution < 1.29 is 26.2 Å². The summed E-state index contributed by atoms with van der Waals surface area (Å²) in [5, 5.41) is 0. The molecule has 0 saturated carbocycles. The first-order valence-corrected chi connectivity index (χ1v) is 7.03. The third-order valence-electron chi connectivity index (χ3n) is 4.25. The van der Waals surface area contributed by atoms with E-state index in [1.54, 1.807) is 0 Å². The van der Waals surface area contributed by atoms with Gasteiger partial charge in [0.1, 0.15) is 0 Å². The van der Waals surface area contributed by atoms with Gasteiger partial charge in [-0.2, -0.15) is 6.08 Å². The van der Waals surface area contributed by atoms with Crippen molar-refractivity contribution in [2.24, 2.45) is 0 Å². The van der Waals surface area contributed by atoms with Crippen LogP contribution in [0.25, 0.3) is 6.08 Å². The van der Waals surface area contributed by atoms with Gasteiger partial charge in [-0.05, 0) is 16.7 Å². The fourth-order valence-corrected chi connectivity index (χ4v) is 3.32. The van der Waals surface area contributed by atoms with Crippen LogP contribution in [0.3, 0.4) is 0 Å².